The van der Waals surface area contributed by atoms with Gasteiger partial charge in [0.1, 0.15) is 0 Å². The van der Waals surface area contributed by atoms with E-state index in [2.05, 4.69) is 5.32 Å². The molecule has 0 radical (unpaired) electrons. The Hall–Kier alpha value is -0.940. The van der Waals surface area contributed by atoms with Gasteiger partial charge in [0, 0.05) is 6.04 Å². The first-order valence-electron chi connectivity index (χ1n) is 6.45. The molecule has 0 aromatic heterocycles. The summed E-state index contributed by atoms with van der Waals surface area (Å²) in [6.45, 7) is 5.29. The minimum atomic E-state index is -0.338. The number of carbonyl (C=O) groups is 2. The maximum Gasteiger partial charge on any atom is 0.247 e. The first-order valence-corrected chi connectivity index (χ1v) is 6.45. The smallest absolute Gasteiger partial charge is 0.247 e. The fraction of sp³-hybridized carbons (Fsp3) is 0.833. The van der Waals surface area contributed by atoms with Gasteiger partial charge in [0.25, 0.3) is 0 Å². The largest absolute Gasteiger partial charge is 0.330 e. The highest BCUT2D eigenvalue weighted by atomic mass is 16.2. The maximum atomic E-state index is 12.1. The molecule has 1 saturated heterocycles. The second-order valence-corrected chi connectivity index (χ2v) is 4.43. The number of nitrogens with two attached hydrogens (primary N) is 1. The monoisotopic (exact) mass is 241 g/mol. The van der Waals surface area contributed by atoms with E-state index >= 15 is 0 Å². The van der Waals surface area contributed by atoms with Crippen molar-refractivity contribution in [2.75, 3.05) is 13.1 Å². The molecular formula is C12H23N3O2. The molecule has 98 valence electrons. The molecule has 17 heavy (non-hydrogen) atoms. The van der Waals surface area contributed by atoms with Gasteiger partial charge >= 0.3 is 0 Å². The molecule has 0 aromatic rings. The van der Waals surface area contributed by atoms with Crippen molar-refractivity contribution in [2.24, 2.45) is 5.73 Å². The standard InChI is InChI=1S/C12H23N3O2/c1-3-9(4-2)15-11(16)8-10(12(15)17)14-7-5-6-13/h9-10,14H,3-8,13H2,1-2H3. The molecule has 1 aliphatic heterocycles. The van der Waals surface area contributed by atoms with Gasteiger partial charge in [-0.1, -0.05) is 13.8 Å². The summed E-state index contributed by atoms with van der Waals surface area (Å²) in [4.78, 5) is 25.4. The molecule has 1 rings (SSSR count). The second kappa shape index (κ2) is 6.71. The van der Waals surface area contributed by atoms with Crippen molar-refractivity contribution < 1.29 is 9.59 Å². The molecule has 0 saturated carbocycles. The Labute approximate surface area is 103 Å². The van der Waals surface area contributed by atoms with Gasteiger partial charge in [0.2, 0.25) is 11.8 Å². The Bertz CT molecular complexity index is 277. The Balaban J connectivity index is 2.58. The van der Waals surface area contributed by atoms with Crippen LogP contribution in [-0.4, -0.2) is 41.9 Å². The predicted molar refractivity (Wildman–Crippen MR) is 66.3 cm³/mol. The average molecular weight is 241 g/mol. The minimum absolute atomic E-state index is 0.0473. The Morgan fingerprint density at radius 2 is 2.06 bits per heavy atom. The van der Waals surface area contributed by atoms with Crippen LogP contribution in [0.5, 0.6) is 0 Å². The van der Waals surface area contributed by atoms with Gasteiger partial charge in [-0.3, -0.25) is 14.5 Å². The summed E-state index contributed by atoms with van der Waals surface area (Å²) in [5, 5.41) is 3.10. The number of likely N-dealkylation sites (tertiary alicyclic amines) is 1. The molecule has 1 atom stereocenters. The molecule has 1 fully saturated rings. The van der Waals surface area contributed by atoms with Gasteiger partial charge in [-0.2, -0.15) is 0 Å². The Morgan fingerprint density at radius 1 is 1.41 bits per heavy atom. The third kappa shape index (κ3) is 3.26. The molecule has 0 aromatic carbocycles. The van der Waals surface area contributed by atoms with Crippen LogP contribution in [0, 0.1) is 0 Å². The Morgan fingerprint density at radius 3 is 2.59 bits per heavy atom. The van der Waals surface area contributed by atoms with Crippen LogP contribution >= 0.6 is 0 Å². The van der Waals surface area contributed by atoms with Gasteiger partial charge in [0.05, 0.1) is 12.5 Å². The van der Waals surface area contributed by atoms with E-state index in [-0.39, 0.29) is 23.9 Å². The van der Waals surface area contributed by atoms with Crippen molar-refractivity contribution in [1.29, 1.82) is 0 Å². The lowest BCUT2D eigenvalue weighted by molar-refractivity contribution is -0.141. The van der Waals surface area contributed by atoms with E-state index in [9.17, 15) is 9.59 Å². The minimum Gasteiger partial charge on any atom is -0.330 e. The van der Waals surface area contributed by atoms with E-state index in [0.717, 1.165) is 19.3 Å². The van der Waals surface area contributed by atoms with Crippen LogP contribution in [0.25, 0.3) is 0 Å². The number of hydrogen-bond acceptors (Lipinski definition) is 4. The molecule has 2 amide bonds. The topological polar surface area (TPSA) is 75.4 Å². The fourth-order valence-electron chi connectivity index (χ4n) is 2.23. The molecule has 5 heteroatoms. The number of nitrogens with zero attached hydrogens (tertiary/aromatic N) is 1. The van der Waals surface area contributed by atoms with E-state index in [4.69, 9.17) is 5.73 Å². The van der Waals surface area contributed by atoms with Crippen LogP contribution in [0.15, 0.2) is 0 Å². The van der Waals surface area contributed by atoms with Crippen LogP contribution in [0.3, 0.4) is 0 Å². The van der Waals surface area contributed by atoms with E-state index < -0.39 is 0 Å². The number of carbonyl (C=O) groups excluding carboxylic acids is 2. The number of imide groups is 1. The zero-order chi connectivity index (χ0) is 12.8. The average Bonchev–Trinajstić information content (AvgIpc) is 2.59. The second-order valence-electron chi connectivity index (χ2n) is 4.43. The molecule has 1 aliphatic rings. The van der Waals surface area contributed by atoms with Crippen LogP contribution < -0.4 is 11.1 Å². The third-order valence-corrected chi connectivity index (χ3v) is 3.26. The third-order valence-electron chi connectivity index (χ3n) is 3.26. The molecule has 0 bridgehead atoms. The maximum absolute atomic E-state index is 12.1. The van der Waals surface area contributed by atoms with Crippen molar-refractivity contribution in [3.8, 4) is 0 Å². The van der Waals surface area contributed by atoms with Gasteiger partial charge < -0.3 is 11.1 Å². The molecule has 5 nitrogen and oxygen atoms in total. The van der Waals surface area contributed by atoms with Crippen molar-refractivity contribution in [2.45, 2.75) is 51.6 Å². The number of rotatable bonds is 7. The van der Waals surface area contributed by atoms with Crippen LogP contribution in [0.1, 0.15) is 39.5 Å². The number of hydrogen-bond donors (Lipinski definition) is 2. The first-order chi connectivity index (χ1) is 8.15. The SMILES string of the molecule is CCC(CC)N1C(=O)CC(NCCCN)C1=O. The van der Waals surface area contributed by atoms with Crippen molar-refractivity contribution in [3.63, 3.8) is 0 Å². The summed E-state index contributed by atoms with van der Waals surface area (Å²) in [5.74, 6) is -0.116. The lowest BCUT2D eigenvalue weighted by Crippen LogP contribution is -2.43. The molecule has 1 heterocycles. The van der Waals surface area contributed by atoms with Crippen LogP contribution in [-0.2, 0) is 9.59 Å². The fourth-order valence-corrected chi connectivity index (χ4v) is 2.23. The lowest BCUT2D eigenvalue weighted by atomic mass is 10.1. The zero-order valence-electron chi connectivity index (χ0n) is 10.7. The molecule has 1 unspecified atom stereocenters. The van der Waals surface area contributed by atoms with Crippen molar-refractivity contribution >= 4 is 11.8 Å². The highest BCUT2D eigenvalue weighted by Gasteiger charge is 2.40. The van der Waals surface area contributed by atoms with Gasteiger partial charge in [-0.05, 0) is 32.4 Å². The van der Waals surface area contributed by atoms with E-state index in [1.807, 2.05) is 13.8 Å². The molecule has 3 N–H and O–H groups in total. The van der Waals surface area contributed by atoms with E-state index in [1.165, 1.54) is 4.90 Å². The van der Waals surface area contributed by atoms with Crippen molar-refractivity contribution in [3.05, 3.63) is 0 Å². The first kappa shape index (κ1) is 14.1. The van der Waals surface area contributed by atoms with Crippen molar-refractivity contribution in [1.82, 2.24) is 10.2 Å². The number of nitrogens with one attached hydrogen (secondary N) is 1. The van der Waals surface area contributed by atoms with Gasteiger partial charge in [0.15, 0.2) is 0 Å². The zero-order valence-corrected chi connectivity index (χ0v) is 10.7. The van der Waals surface area contributed by atoms with Gasteiger partial charge in [-0.25, -0.2) is 0 Å². The summed E-state index contributed by atoms with van der Waals surface area (Å²) < 4.78 is 0. The van der Waals surface area contributed by atoms with E-state index in [1.54, 1.807) is 0 Å². The van der Waals surface area contributed by atoms with Gasteiger partial charge in [-0.15, -0.1) is 0 Å². The summed E-state index contributed by atoms with van der Waals surface area (Å²) in [5.41, 5.74) is 5.39. The quantitative estimate of drug-likeness (QED) is 0.494. The van der Waals surface area contributed by atoms with Crippen LogP contribution in [0.2, 0.25) is 0 Å². The molecule has 0 aliphatic carbocycles. The molecule has 0 spiro atoms. The van der Waals surface area contributed by atoms with Crippen LogP contribution in [0.4, 0.5) is 0 Å². The Kier molecular flexibility index (Phi) is 5.58. The highest BCUT2D eigenvalue weighted by molar-refractivity contribution is 6.05. The predicted octanol–water partition coefficient (Wildman–Crippen LogP) is 0.241. The van der Waals surface area contributed by atoms with E-state index in [0.29, 0.717) is 19.5 Å². The summed E-state index contributed by atoms with van der Waals surface area (Å²) in [6, 6.07) is -0.286. The number of amides is 2. The summed E-state index contributed by atoms with van der Waals surface area (Å²) >= 11 is 0. The summed E-state index contributed by atoms with van der Waals surface area (Å²) in [7, 11) is 0. The molecular weight excluding hydrogens is 218 g/mol. The summed E-state index contributed by atoms with van der Waals surface area (Å²) in [6.07, 6.45) is 2.76. The normalized spacial score (nSPS) is 20.7. The highest BCUT2D eigenvalue weighted by Crippen LogP contribution is 2.19. The lowest BCUT2D eigenvalue weighted by Gasteiger charge is -2.24.